The highest BCUT2D eigenvalue weighted by Crippen LogP contribution is 2.30. The van der Waals surface area contributed by atoms with Gasteiger partial charge in [-0.25, -0.2) is 0 Å². The van der Waals surface area contributed by atoms with Crippen LogP contribution in [-0.4, -0.2) is 12.5 Å². The van der Waals surface area contributed by atoms with Gasteiger partial charge in [0.1, 0.15) is 0 Å². The minimum Gasteiger partial charge on any atom is -0.330 e. The zero-order valence-electron chi connectivity index (χ0n) is 11.0. The first-order valence-corrected chi connectivity index (χ1v) is 6.78. The molecule has 1 saturated carbocycles. The molecule has 0 aromatic heterocycles. The molecule has 0 radical (unpaired) electrons. The molecule has 3 heteroatoms. The van der Waals surface area contributed by atoms with Gasteiger partial charge in [0.15, 0.2) is 0 Å². The Labute approximate surface area is 109 Å². The van der Waals surface area contributed by atoms with Crippen molar-refractivity contribution in [3.63, 3.8) is 0 Å². The fraction of sp³-hybridized carbons (Fsp3) is 0.533. The van der Waals surface area contributed by atoms with Gasteiger partial charge >= 0.3 is 0 Å². The molecule has 2 atom stereocenters. The number of nitrogens with two attached hydrogens (primary N) is 1. The lowest BCUT2D eigenvalue weighted by molar-refractivity contribution is -0.122. The molecule has 1 aromatic carbocycles. The van der Waals surface area contributed by atoms with E-state index in [1.807, 2.05) is 31.2 Å². The van der Waals surface area contributed by atoms with Crippen molar-refractivity contribution in [1.82, 2.24) is 0 Å². The van der Waals surface area contributed by atoms with Crippen LogP contribution in [0.3, 0.4) is 0 Å². The number of anilines is 1. The predicted molar refractivity (Wildman–Crippen MR) is 74.3 cm³/mol. The zero-order chi connectivity index (χ0) is 13.0. The van der Waals surface area contributed by atoms with Crippen LogP contribution < -0.4 is 11.1 Å². The first-order valence-electron chi connectivity index (χ1n) is 6.78. The summed E-state index contributed by atoms with van der Waals surface area (Å²) in [5.74, 6) is 0.573. The summed E-state index contributed by atoms with van der Waals surface area (Å²) in [6.07, 6.45) is 4.40. The fourth-order valence-corrected chi connectivity index (χ4v) is 2.79. The largest absolute Gasteiger partial charge is 0.330 e. The maximum atomic E-state index is 12.3. The summed E-state index contributed by atoms with van der Waals surface area (Å²) in [5.41, 5.74) is 7.82. The highest BCUT2D eigenvalue weighted by Gasteiger charge is 2.29. The third kappa shape index (κ3) is 3.10. The Hall–Kier alpha value is -1.35. The third-order valence-electron chi connectivity index (χ3n) is 3.83. The minimum absolute atomic E-state index is 0.0873. The zero-order valence-corrected chi connectivity index (χ0v) is 11.0. The minimum atomic E-state index is 0.0873. The smallest absolute Gasteiger partial charge is 0.227 e. The van der Waals surface area contributed by atoms with E-state index in [1.165, 1.54) is 6.42 Å². The van der Waals surface area contributed by atoms with Crippen molar-refractivity contribution >= 4 is 11.6 Å². The van der Waals surface area contributed by atoms with Gasteiger partial charge in [0, 0.05) is 11.6 Å². The van der Waals surface area contributed by atoms with Crippen molar-refractivity contribution < 1.29 is 4.79 Å². The van der Waals surface area contributed by atoms with Gasteiger partial charge in [-0.15, -0.1) is 0 Å². The van der Waals surface area contributed by atoms with Gasteiger partial charge in [0.05, 0.1) is 0 Å². The molecule has 98 valence electrons. The molecular weight excluding hydrogens is 224 g/mol. The molecule has 0 aliphatic heterocycles. The lowest BCUT2D eigenvalue weighted by Crippen LogP contribution is -2.35. The monoisotopic (exact) mass is 246 g/mol. The van der Waals surface area contributed by atoms with Gasteiger partial charge in [0.25, 0.3) is 0 Å². The van der Waals surface area contributed by atoms with Crippen LogP contribution in [0.25, 0.3) is 0 Å². The van der Waals surface area contributed by atoms with E-state index in [9.17, 15) is 4.79 Å². The molecule has 1 aliphatic rings. The van der Waals surface area contributed by atoms with Gasteiger partial charge in [-0.3, -0.25) is 4.79 Å². The van der Waals surface area contributed by atoms with Crippen LogP contribution in [0.4, 0.5) is 5.69 Å². The molecule has 1 amide bonds. The van der Waals surface area contributed by atoms with Crippen molar-refractivity contribution in [1.29, 1.82) is 0 Å². The molecule has 0 bridgehead atoms. The molecule has 1 aromatic rings. The van der Waals surface area contributed by atoms with Gasteiger partial charge in [-0.1, -0.05) is 25.0 Å². The second kappa shape index (κ2) is 6.01. The van der Waals surface area contributed by atoms with E-state index < -0.39 is 0 Å². The molecule has 1 aliphatic carbocycles. The molecular formula is C15H22N2O. The van der Waals surface area contributed by atoms with E-state index in [0.717, 1.165) is 30.5 Å². The van der Waals surface area contributed by atoms with Crippen molar-refractivity contribution in [2.45, 2.75) is 32.6 Å². The van der Waals surface area contributed by atoms with Gasteiger partial charge in [-0.2, -0.15) is 0 Å². The Morgan fingerprint density at radius 1 is 1.39 bits per heavy atom. The second-order valence-electron chi connectivity index (χ2n) is 5.25. The summed E-state index contributed by atoms with van der Waals surface area (Å²) in [7, 11) is 0. The number of aryl methyl sites for hydroxylation is 1. The lowest BCUT2D eigenvalue weighted by Gasteiger charge is -2.29. The van der Waals surface area contributed by atoms with E-state index in [-0.39, 0.29) is 11.8 Å². The highest BCUT2D eigenvalue weighted by atomic mass is 16.1. The van der Waals surface area contributed by atoms with E-state index >= 15 is 0 Å². The van der Waals surface area contributed by atoms with Crippen LogP contribution in [-0.2, 0) is 4.79 Å². The Morgan fingerprint density at radius 2 is 2.17 bits per heavy atom. The summed E-state index contributed by atoms with van der Waals surface area (Å²) >= 11 is 0. The SMILES string of the molecule is Cc1cccc(NC(=O)C2CCCCC2CN)c1. The molecule has 0 saturated heterocycles. The molecule has 2 unspecified atom stereocenters. The van der Waals surface area contributed by atoms with Gasteiger partial charge in [0.2, 0.25) is 5.91 Å². The Balaban J connectivity index is 2.02. The van der Waals surface area contributed by atoms with Crippen LogP contribution in [0.1, 0.15) is 31.2 Å². The van der Waals surface area contributed by atoms with Crippen LogP contribution in [0.5, 0.6) is 0 Å². The van der Waals surface area contributed by atoms with Crippen LogP contribution >= 0.6 is 0 Å². The molecule has 0 spiro atoms. The normalized spacial score (nSPS) is 23.7. The average molecular weight is 246 g/mol. The summed E-state index contributed by atoms with van der Waals surface area (Å²) in [6.45, 7) is 2.64. The van der Waals surface area contributed by atoms with E-state index in [0.29, 0.717) is 12.5 Å². The summed E-state index contributed by atoms with van der Waals surface area (Å²) < 4.78 is 0. The summed E-state index contributed by atoms with van der Waals surface area (Å²) in [4.78, 5) is 12.3. The van der Waals surface area contributed by atoms with Crippen LogP contribution in [0.2, 0.25) is 0 Å². The molecule has 0 heterocycles. The predicted octanol–water partition coefficient (Wildman–Crippen LogP) is 2.70. The van der Waals surface area contributed by atoms with Crippen LogP contribution in [0.15, 0.2) is 24.3 Å². The summed E-state index contributed by atoms with van der Waals surface area (Å²) in [6, 6.07) is 7.93. The van der Waals surface area contributed by atoms with Crippen molar-refractivity contribution in [3.05, 3.63) is 29.8 Å². The number of hydrogen-bond acceptors (Lipinski definition) is 2. The third-order valence-corrected chi connectivity index (χ3v) is 3.83. The number of amides is 1. The first-order chi connectivity index (χ1) is 8.70. The number of hydrogen-bond donors (Lipinski definition) is 2. The number of carbonyl (C=O) groups excluding carboxylic acids is 1. The van der Waals surface area contributed by atoms with Crippen molar-refractivity contribution in [2.75, 3.05) is 11.9 Å². The van der Waals surface area contributed by atoms with E-state index in [2.05, 4.69) is 5.32 Å². The second-order valence-corrected chi connectivity index (χ2v) is 5.25. The number of nitrogens with one attached hydrogen (secondary N) is 1. The first kappa shape index (κ1) is 13.1. The topological polar surface area (TPSA) is 55.1 Å². The standard InChI is InChI=1S/C15H22N2O/c1-11-5-4-7-13(9-11)17-15(18)14-8-3-2-6-12(14)10-16/h4-5,7,9,12,14H,2-3,6,8,10,16H2,1H3,(H,17,18). The molecule has 3 nitrogen and oxygen atoms in total. The number of benzene rings is 1. The van der Waals surface area contributed by atoms with Gasteiger partial charge in [-0.05, 0) is 49.9 Å². The maximum absolute atomic E-state index is 12.3. The van der Waals surface area contributed by atoms with E-state index in [1.54, 1.807) is 0 Å². The lowest BCUT2D eigenvalue weighted by atomic mass is 9.78. The Morgan fingerprint density at radius 3 is 2.89 bits per heavy atom. The molecule has 18 heavy (non-hydrogen) atoms. The highest BCUT2D eigenvalue weighted by molar-refractivity contribution is 5.92. The molecule has 2 rings (SSSR count). The number of carbonyl (C=O) groups is 1. The summed E-state index contributed by atoms with van der Waals surface area (Å²) in [5, 5.41) is 3.02. The number of rotatable bonds is 3. The molecule has 1 fully saturated rings. The van der Waals surface area contributed by atoms with E-state index in [4.69, 9.17) is 5.73 Å². The quantitative estimate of drug-likeness (QED) is 0.861. The van der Waals surface area contributed by atoms with Gasteiger partial charge < -0.3 is 11.1 Å². The molecule has 3 N–H and O–H groups in total. The average Bonchev–Trinajstić information content (AvgIpc) is 2.38. The van der Waals surface area contributed by atoms with Crippen LogP contribution in [0, 0.1) is 18.8 Å². The van der Waals surface area contributed by atoms with Crippen molar-refractivity contribution in [2.24, 2.45) is 17.6 Å². The fourth-order valence-electron chi connectivity index (χ4n) is 2.79. The van der Waals surface area contributed by atoms with Crippen molar-refractivity contribution in [3.8, 4) is 0 Å². The Kier molecular flexibility index (Phi) is 4.37. The maximum Gasteiger partial charge on any atom is 0.227 e. The Bertz CT molecular complexity index is 417.